The van der Waals surface area contributed by atoms with Crippen LogP contribution in [0.25, 0.3) is 0 Å². The smallest absolute Gasteiger partial charge is 0.223 e. The monoisotopic (exact) mass is 540 g/mol. The average Bonchev–Trinajstić information content (AvgIpc) is 3.57. The lowest BCUT2D eigenvalue weighted by Gasteiger charge is -2.40. The highest BCUT2D eigenvalue weighted by molar-refractivity contribution is 7.16. The molecule has 2 aromatic heterocycles. The molecule has 1 aliphatic carbocycles. The van der Waals surface area contributed by atoms with Gasteiger partial charge >= 0.3 is 0 Å². The van der Waals surface area contributed by atoms with Crippen molar-refractivity contribution in [3.63, 3.8) is 0 Å². The standard InChI is InChI=1S/C29H44N6O2S/c1-18(2)28-33-32-19(3)35(28)24-16-22-10-11-23(17-24)34(22)15-14-25(26-12-13-27(38-26)30-20(4)36)31-29(37)21-8-6-5-7-9-21/h12-13,18,21-25H,5-11,14-17H2,1-4H3,(H,30,36)(H,31,37)/t22-,23+,24-,25-/m0/s1. The molecule has 2 aliphatic heterocycles. The summed E-state index contributed by atoms with van der Waals surface area (Å²) in [6, 6.07) is 5.61. The predicted octanol–water partition coefficient (Wildman–Crippen LogP) is 5.73. The minimum absolute atomic E-state index is 0.0262. The van der Waals surface area contributed by atoms with Crippen LogP contribution in [0, 0.1) is 12.8 Å². The molecular weight excluding hydrogens is 496 g/mol. The summed E-state index contributed by atoms with van der Waals surface area (Å²) in [6.07, 6.45) is 11.2. The Morgan fingerprint density at radius 2 is 1.74 bits per heavy atom. The average molecular weight is 541 g/mol. The topological polar surface area (TPSA) is 92.2 Å². The maximum atomic E-state index is 13.2. The number of thiophene rings is 1. The second kappa shape index (κ2) is 11.9. The van der Waals surface area contributed by atoms with Crippen LogP contribution >= 0.6 is 11.3 Å². The number of hydrogen-bond acceptors (Lipinski definition) is 6. The molecule has 8 nitrogen and oxygen atoms in total. The van der Waals surface area contributed by atoms with Gasteiger partial charge in [-0.3, -0.25) is 14.5 Å². The molecule has 2 N–H and O–H groups in total. The number of anilines is 1. The van der Waals surface area contributed by atoms with Crippen molar-refractivity contribution >= 4 is 28.2 Å². The number of nitrogens with one attached hydrogen (secondary N) is 2. The highest BCUT2D eigenvalue weighted by Gasteiger charge is 2.42. The summed E-state index contributed by atoms with van der Waals surface area (Å²) in [5, 5.41) is 16.1. The Bertz CT molecular complexity index is 1110. The van der Waals surface area contributed by atoms with Gasteiger partial charge in [0.15, 0.2) is 0 Å². The van der Waals surface area contributed by atoms with Crippen LogP contribution in [0.5, 0.6) is 0 Å². The van der Waals surface area contributed by atoms with Crippen LogP contribution < -0.4 is 10.6 Å². The van der Waals surface area contributed by atoms with E-state index in [1.54, 1.807) is 11.3 Å². The van der Waals surface area contributed by atoms with Gasteiger partial charge in [-0.25, -0.2) is 0 Å². The van der Waals surface area contributed by atoms with E-state index >= 15 is 0 Å². The van der Waals surface area contributed by atoms with Crippen molar-refractivity contribution in [2.24, 2.45) is 5.92 Å². The van der Waals surface area contributed by atoms with Crippen LogP contribution in [0.1, 0.15) is 120 Å². The number of aromatic nitrogens is 3. The number of fused-ring (bicyclic) bond motifs is 2. The largest absolute Gasteiger partial charge is 0.348 e. The van der Waals surface area contributed by atoms with E-state index in [4.69, 9.17) is 0 Å². The SMILES string of the molecule is CC(=O)Nc1ccc([C@H](CCN2[C@@H]3CC[C@H]2C[C@H](n2c(C)nnc2C(C)C)C3)NC(=O)C2CCCCC2)s1. The van der Waals surface area contributed by atoms with Crippen molar-refractivity contribution in [2.75, 3.05) is 11.9 Å². The fourth-order valence-electron chi connectivity index (χ4n) is 7.05. The molecule has 208 valence electrons. The summed E-state index contributed by atoms with van der Waals surface area (Å²) in [4.78, 5) is 28.7. The van der Waals surface area contributed by atoms with E-state index in [1.165, 1.54) is 26.2 Å². The molecule has 2 amide bonds. The molecule has 0 radical (unpaired) electrons. The van der Waals surface area contributed by atoms with Gasteiger partial charge in [-0.2, -0.15) is 0 Å². The Morgan fingerprint density at radius 1 is 1.03 bits per heavy atom. The highest BCUT2D eigenvalue weighted by Crippen LogP contribution is 2.43. The van der Waals surface area contributed by atoms with Crippen LogP contribution in [0.2, 0.25) is 0 Å². The minimum Gasteiger partial charge on any atom is -0.348 e. The lowest BCUT2D eigenvalue weighted by Crippen LogP contribution is -2.45. The summed E-state index contributed by atoms with van der Waals surface area (Å²) < 4.78 is 2.41. The molecule has 4 heterocycles. The summed E-state index contributed by atoms with van der Waals surface area (Å²) in [6.45, 7) is 9.00. The number of nitrogens with zero attached hydrogens (tertiary/aromatic N) is 4. The fourth-order valence-corrected chi connectivity index (χ4v) is 8.09. The lowest BCUT2D eigenvalue weighted by molar-refractivity contribution is -0.126. The number of hydrogen-bond donors (Lipinski definition) is 2. The molecule has 3 fully saturated rings. The highest BCUT2D eigenvalue weighted by atomic mass is 32.1. The number of rotatable bonds is 9. The molecule has 38 heavy (non-hydrogen) atoms. The minimum atomic E-state index is -0.0652. The number of carbonyl (C=O) groups excluding carboxylic acids is 2. The molecule has 3 aliphatic rings. The predicted molar refractivity (Wildman–Crippen MR) is 151 cm³/mol. The second-order valence-electron chi connectivity index (χ2n) is 11.9. The Kier molecular flexibility index (Phi) is 8.53. The molecule has 1 saturated carbocycles. The van der Waals surface area contributed by atoms with E-state index in [-0.39, 0.29) is 23.8 Å². The van der Waals surface area contributed by atoms with Gasteiger partial charge in [-0.1, -0.05) is 33.1 Å². The second-order valence-corrected chi connectivity index (χ2v) is 13.1. The molecular formula is C29H44N6O2S. The van der Waals surface area contributed by atoms with Gasteiger partial charge < -0.3 is 15.2 Å². The zero-order valence-corrected chi connectivity index (χ0v) is 24.2. The van der Waals surface area contributed by atoms with Gasteiger partial charge in [0, 0.05) is 48.3 Å². The Balaban J connectivity index is 1.27. The number of piperidine rings is 1. The zero-order valence-electron chi connectivity index (χ0n) is 23.4. The van der Waals surface area contributed by atoms with Crippen LogP contribution in [0.15, 0.2) is 12.1 Å². The Hall–Kier alpha value is -2.26. The van der Waals surface area contributed by atoms with E-state index in [0.717, 1.165) is 73.0 Å². The van der Waals surface area contributed by atoms with Gasteiger partial charge in [-0.05, 0) is 64.0 Å². The lowest BCUT2D eigenvalue weighted by atomic mass is 9.88. The molecule has 2 bridgehead atoms. The molecule has 9 heteroatoms. The normalized spacial score (nSPS) is 25.0. The fraction of sp³-hybridized carbons (Fsp3) is 0.724. The Morgan fingerprint density at radius 3 is 2.39 bits per heavy atom. The molecule has 0 aromatic carbocycles. The quantitative estimate of drug-likeness (QED) is 0.424. The number of carbonyl (C=O) groups is 2. The summed E-state index contributed by atoms with van der Waals surface area (Å²) in [5.74, 6) is 2.78. The first-order valence-corrected chi connectivity index (χ1v) is 15.5. The maximum absolute atomic E-state index is 13.2. The Labute approximate surface area is 231 Å². The van der Waals surface area contributed by atoms with Crippen LogP contribution in [-0.2, 0) is 9.59 Å². The van der Waals surface area contributed by atoms with Gasteiger partial charge in [0.25, 0.3) is 0 Å². The van der Waals surface area contributed by atoms with Crippen molar-refractivity contribution in [1.29, 1.82) is 0 Å². The maximum Gasteiger partial charge on any atom is 0.223 e. The van der Waals surface area contributed by atoms with Crippen LogP contribution in [0.4, 0.5) is 5.00 Å². The van der Waals surface area contributed by atoms with E-state index in [0.29, 0.717) is 24.0 Å². The summed E-state index contributed by atoms with van der Waals surface area (Å²) in [5.41, 5.74) is 0. The molecule has 2 aromatic rings. The number of amides is 2. The van der Waals surface area contributed by atoms with E-state index in [2.05, 4.69) is 57.1 Å². The van der Waals surface area contributed by atoms with Crippen molar-refractivity contribution in [2.45, 2.75) is 122 Å². The van der Waals surface area contributed by atoms with Crippen LogP contribution in [-0.4, -0.2) is 50.1 Å². The third-order valence-corrected chi connectivity index (χ3v) is 9.99. The molecule has 0 spiro atoms. The van der Waals surface area contributed by atoms with E-state index < -0.39 is 0 Å². The van der Waals surface area contributed by atoms with Gasteiger partial charge in [0.1, 0.15) is 11.6 Å². The van der Waals surface area contributed by atoms with Crippen molar-refractivity contribution < 1.29 is 9.59 Å². The summed E-state index contributed by atoms with van der Waals surface area (Å²) in [7, 11) is 0. The van der Waals surface area contributed by atoms with Gasteiger partial charge in [0.05, 0.1) is 11.0 Å². The first-order chi connectivity index (χ1) is 18.3. The van der Waals surface area contributed by atoms with Crippen molar-refractivity contribution in [1.82, 2.24) is 25.0 Å². The molecule has 0 unspecified atom stereocenters. The zero-order chi connectivity index (χ0) is 26.8. The van der Waals surface area contributed by atoms with E-state index in [1.807, 2.05) is 6.07 Å². The molecule has 4 atom stereocenters. The third-order valence-electron chi connectivity index (χ3n) is 8.87. The third kappa shape index (κ3) is 5.98. The first kappa shape index (κ1) is 27.3. The summed E-state index contributed by atoms with van der Waals surface area (Å²) >= 11 is 1.58. The van der Waals surface area contributed by atoms with Gasteiger partial charge in [0.2, 0.25) is 11.8 Å². The van der Waals surface area contributed by atoms with Gasteiger partial charge in [-0.15, -0.1) is 21.5 Å². The van der Waals surface area contributed by atoms with E-state index in [9.17, 15) is 9.59 Å². The van der Waals surface area contributed by atoms with Crippen LogP contribution in [0.3, 0.4) is 0 Å². The van der Waals surface area contributed by atoms with Crippen molar-refractivity contribution in [3.8, 4) is 0 Å². The molecule has 2 saturated heterocycles. The molecule has 5 rings (SSSR count). The number of aryl methyl sites for hydroxylation is 1. The van der Waals surface area contributed by atoms with Crippen molar-refractivity contribution in [3.05, 3.63) is 28.7 Å². The first-order valence-electron chi connectivity index (χ1n) is 14.6.